The Kier molecular flexibility index (Phi) is 4.35. The van der Waals surface area contributed by atoms with Crippen LogP contribution in [0.15, 0.2) is 59.1 Å². The average molecular weight is 346 g/mol. The van der Waals surface area contributed by atoms with Crippen molar-refractivity contribution in [3.05, 3.63) is 66.1 Å². The number of rotatable bonds is 5. The maximum Gasteiger partial charge on any atom is 0.348 e. The highest BCUT2D eigenvalue weighted by Gasteiger charge is 2.13. The van der Waals surface area contributed by atoms with Gasteiger partial charge in [-0.3, -0.25) is 0 Å². The molecule has 0 aliphatic carbocycles. The standard InChI is InChI=1S/C17H15FN2O3S/c1-23-17-7-6-13(12-15(17)18)8-10-19-24(21,22)20-11-9-14-4-2-3-5-16(14)20/h2-7,9-12H,8H2,1H3. The quantitative estimate of drug-likeness (QED) is 0.667. The SMILES string of the molecule is COc1ccc(CC=NS(=O)(=O)n2ccc3ccccc32)cc1F. The molecule has 2 aromatic carbocycles. The summed E-state index contributed by atoms with van der Waals surface area (Å²) in [5.74, 6) is -0.357. The molecule has 0 atom stereocenters. The molecule has 7 heteroatoms. The largest absolute Gasteiger partial charge is 0.494 e. The number of para-hydroxylation sites is 1. The van der Waals surface area contributed by atoms with E-state index in [-0.39, 0.29) is 12.2 Å². The third kappa shape index (κ3) is 3.16. The first-order valence-electron chi connectivity index (χ1n) is 7.19. The highest BCUT2D eigenvalue weighted by Crippen LogP contribution is 2.19. The summed E-state index contributed by atoms with van der Waals surface area (Å²) in [5, 5.41) is 0.813. The topological polar surface area (TPSA) is 60.7 Å². The van der Waals surface area contributed by atoms with Crippen molar-refractivity contribution in [2.75, 3.05) is 7.11 Å². The van der Waals surface area contributed by atoms with Gasteiger partial charge in [0.25, 0.3) is 0 Å². The van der Waals surface area contributed by atoms with E-state index in [1.807, 2.05) is 12.1 Å². The van der Waals surface area contributed by atoms with E-state index in [0.29, 0.717) is 11.1 Å². The lowest BCUT2D eigenvalue weighted by Gasteiger charge is -2.04. The highest BCUT2D eigenvalue weighted by atomic mass is 32.2. The molecule has 3 rings (SSSR count). The Balaban J connectivity index is 1.82. The lowest BCUT2D eigenvalue weighted by Crippen LogP contribution is -2.08. The lowest BCUT2D eigenvalue weighted by molar-refractivity contribution is 0.386. The molecule has 0 spiro atoms. The molecule has 0 saturated carbocycles. The smallest absolute Gasteiger partial charge is 0.348 e. The second kappa shape index (κ2) is 6.45. The van der Waals surface area contributed by atoms with Crippen molar-refractivity contribution < 1.29 is 17.5 Å². The van der Waals surface area contributed by atoms with Crippen LogP contribution in [0, 0.1) is 5.82 Å². The Labute approximate surface area is 139 Å². The second-order valence-corrected chi connectivity index (χ2v) is 6.61. The molecular formula is C17H15FN2O3S. The van der Waals surface area contributed by atoms with E-state index in [1.54, 1.807) is 24.3 Å². The fraction of sp³-hybridized carbons (Fsp3) is 0.118. The Hall–Kier alpha value is -2.67. The Morgan fingerprint density at radius 3 is 2.75 bits per heavy atom. The molecule has 0 saturated heterocycles. The summed E-state index contributed by atoms with van der Waals surface area (Å²) < 4.78 is 47.9. The number of aromatic nitrogens is 1. The van der Waals surface area contributed by atoms with Gasteiger partial charge in [-0.2, -0.15) is 12.8 Å². The zero-order valence-electron chi connectivity index (χ0n) is 12.9. The minimum atomic E-state index is -3.87. The number of fused-ring (bicyclic) bond motifs is 1. The van der Waals surface area contributed by atoms with Gasteiger partial charge in [-0.25, -0.2) is 8.36 Å². The van der Waals surface area contributed by atoms with Crippen LogP contribution in [0.2, 0.25) is 0 Å². The molecule has 1 heterocycles. The molecule has 0 aliphatic rings. The molecule has 1 aromatic heterocycles. The summed E-state index contributed by atoms with van der Waals surface area (Å²) in [5.41, 5.74) is 1.16. The van der Waals surface area contributed by atoms with Crippen LogP contribution in [0.5, 0.6) is 5.75 Å². The summed E-state index contributed by atoms with van der Waals surface area (Å²) >= 11 is 0. The maximum atomic E-state index is 13.6. The minimum Gasteiger partial charge on any atom is -0.494 e. The van der Waals surface area contributed by atoms with Crippen LogP contribution in [0.4, 0.5) is 4.39 Å². The normalized spacial score (nSPS) is 12.1. The van der Waals surface area contributed by atoms with Crippen LogP contribution in [-0.2, 0) is 16.6 Å². The van der Waals surface area contributed by atoms with Gasteiger partial charge < -0.3 is 4.74 Å². The van der Waals surface area contributed by atoms with Gasteiger partial charge in [-0.05, 0) is 29.8 Å². The van der Waals surface area contributed by atoms with Crippen LogP contribution in [0.1, 0.15) is 5.56 Å². The van der Waals surface area contributed by atoms with Crippen molar-refractivity contribution in [1.29, 1.82) is 0 Å². The van der Waals surface area contributed by atoms with Crippen molar-refractivity contribution in [1.82, 2.24) is 3.97 Å². The second-order valence-electron chi connectivity index (χ2n) is 5.11. The van der Waals surface area contributed by atoms with Crippen LogP contribution < -0.4 is 4.74 Å². The van der Waals surface area contributed by atoms with Crippen LogP contribution in [0.3, 0.4) is 0 Å². The van der Waals surface area contributed by atoms with Crippen molar-refractivity contribution >= 4 is 27.3 Å². The van der Waals surface area contributed by atoms with Gasteiger partial charge in [0.15, 0.2) is 11.6 Å². The van der Waals surface area contributed by atoms with E-state index in [9.17, 15) is 12.8 Å². The van der Waals surface area contributed by atoms with E-state index >= 15 is 0 Å². The molecule has 0 radical (unpaired) electrons. The third-order valence-electron chi connectivity index (χ3n) is 3.56. The Morgan fingerprint density at radius 2 is 2.00 bits per heavy atom. The van der Waals surface area contributed by atoms with Gasteiger partial charge in [0, 0.05) is 24.2 Å². The van der Waals surface area contributed by atoms with Gasteiger partial charge in [-0.1, -0.05) is 24.3 Å². The molecule has 0 amide bonds. The van der Waals surface area contributed by atoms with Gasteiger partial charge in [-0.15, -0.1) is 0 Å². The molecule has 3 aromatic rings. The molecular weight excluding hydrogens is 331 g/mol. The van der Waals surface area contributed by atoms with Gasteiger partial charge in [0.05, 0.1) is 12.6 Å². The predicted octanol–water partition coefficient (Wildman–Crippen LogP) is 3.20. The fourth-order valence-electron chi connectivity index (χ4n) is 2.38. The summed E-state index contributed by atoms with van der Waals surface area (Å²) in [6.07, 6.45) is 2.91. The van der Waals surface area contributed by atoms with E-state index in [4.69, 9.17) is 4.74 Å². The van der Waals surface area contributed by atoms with E-state index in [1.165, 1.54) is 31.7 Å². The fourth-order valence-corrected chi connectivity index (χ4v) is 3.38. The predicted molar refractivity (Wildman–Crippen MR) is 91.4 cm³/mol. The third-order valence-corrected chi connectivity index (χ3v) is 4.79. The minimum absolute atomic E-state index is 0.141. The monoisotopic (exact) mass is 346 g/mol. The van der Waals surface area contributed by atoms with Gasteiger partial charge in [0.1, 0.15) is 0 Å². The van der Waals surface area contributed by atoms with Crippen molar-refractivity contribution in [2.45, 2.75) is 6.42 Å². The molecule has 124 valence electrons. The maximum absolute atomic E-state index is 13.6. The van der Waals surface area contributed by atoms with Crippen molar-refractivity contribution in [2.24, 2.45) is 4.40 Å². The summed E-state index contributed by atoms with van der Waals surface area (Å²) in [4.78, 5) is 0. The van der Waals surface area contributed by atoms with Crippen LogP contribution in [0.25, 0.3) is 10.9 Å². The molecule has 5 nitrogen and oxygen atoms in total. The molecule has 0 fully saturated rings. The molecule has 0 aliphatic heterocycles. The van der Waals surface area contributed by atoms with Crippen molar-refractivity contribution in [3.63, 3.8) is 0 Å². The Morgan fingerprint density at radius 1 is 1.21 bits per heavy atom. The first-order valence-corrected chi connectivity index (χ1v) is 8.59. The van der Waals surface area contributed by atoms with E-state index < -0.39 is 16.0 Å². The Bertz CT molecular complexity index is 1010. The van der Waals surface area contributed by atoms with Crippen LogP contribution >= 0.6 is 0 Å². The number of hydrogen-bond donors (Lipinski definition) is 0. The molecule has 0 N–H and O–H groups in total. The van der Waals surface area contributed by atoms with Gasteiger partial charge in [0.2, 0.25) is 0 Å². The number of halogens is 1. The summed E-state index contributed by atoms with van der Waals surface area (Å²) in [6.45, 7) is 0. The number of benzene rings is 2. The number of hydrogen-bond acceptors (Lipinski definition) is 3. The van der Waals surface area contributed by atoms with E-state index in [0.717, 1.165) is 9.36 Å². The zero-order chi connectivity index (χ0) is 17.2. The average Bonchev–Trinajstić information content (AvgIpc) is 3.00. The molecule has 0 unspecified atom stereocenters. The summed E-state index contributed by atoms with van der Waals surface area (Å²) in [6, 6.07) is 13.3. The zero-order valence-corrected chi connectivity index (χ0v) is 13.7. The molecule has 24 heavy (non-hydrogen) atoms. The number of methoxy groups -OCH3 is 1. The van der Waals surface area contributed by atoms with Crippen molar-refractivity contribution in [3.8, 4) is 5.75 Å². The van der Waals surface area contributed by atoms with Gasteiger partial charge >= 0.3 is 10.2 Å². The molecule has 0 bridgehead atoms. The summed E-state index contributed by atoms with van der Waals surface area (Å²) in [7, 11) is -2.49. The lowest BCUT2D eigenvalue weighted by atomic mass is 10.1. The number of ether oxygens (including phenoxy) is 1. The first kappa shape index (κ1) is 16.2. The van der Waals surface area contributed by atoms with Crippen LogP contribution in [-0.4, -0.2) is 25.7 Å². The first-order chi connectivity index (χ1) is 11.5. The highest BCUT2D eigenvalue weighted by molar-refractivity contribution is 7.88. The van der Waals surface area contributed by atoms with E-state index in [2.05, 4.69) is 4.40 Å². The number of nitrogens with zero attached hydrogens (tertiary/aromatic N) is 2.